The second-order valence-electron chi connectivity index (χ2n) is 11.7. The SMILES string of the molecule is Cc1cc(OCCN2CCN(C)CC2)cc(C)c1-c1cccc2c1OCC2C=Nc1ccc2c(c1)OCC2CC(=O)O. The molecule has 3 aromatic carbocycles. The van der Waals surface area contributed by atoms with Gasteiger partial charge >= 0.3 is 5.97 Å². The van der Waals surface area contributed by atoms with Crippen molar-refractivity contribution in [3.8, 4) is 28.4 Å². The third-order valence-corrected chi connectivity index (χ3v) is 8.60. The maximum atomic E-state index is 11.1. The number of para-hydroxylation sites is 1. The predicted molar refractivity (Wildman–Crippen MR) is 164 cm³/mol. The standard InChI is InChI=1S/C34H39N3O5/c1-22-15-27(40-14-13-37-11-9-36(3)10-12-37)16-23(2)33(22)30-6-4-5-29-25(21-42-34(29)30)19-35-26-7-8-28-24(17-32(38)39)20-41-31(28)18-26/h4-8,15-16,18-19,24-25H,9-14,17,20-21H2,1-3H3,(H,38,39). The second-order valence-corrected chi connectivity index (χ2v) is 11.7. The summed E-state index contributed by atoms with van der Waals surface area (Å²) >= 11 is 0. The number of likely N-dealkylation sites (N-methyl/N-ethyl adjacent to an activating group) is 1. The Morgan fingerprint density at radius 1 is 1.02 bits per heavy atom. The third-order valence-electron chi connectivity index (χ3n) is 8.60. The highest BCUT2D eigenvalue weighted by atomic mass is 16.5. The van der Waals surface area contributed by atoms with E-state index in [1.807, 2.05) is 24.4 Å². The van der Waals surface area contributed by atoms with E-state index in [2.05, 4.69) is 61.0 Å². The fourth-order valence-electron chi connectivity index (χ4n) is 6.29. The number of fused-ring (bicyclic) bond motifs is 2. The summed E-state index contributed by atoms with van der Waals surface area (Å²) in [6.07, 6.45) is 2.01. The summed E-state index contributed by atoms with van der Waals surface area (Å²) in [5.41, 5.74) is 7.45. The van der Waals surface area contributed by atoms with E-state index in [0.717, 1.165) is 83.5 Å². The molecule has 3 aromatic rings. The van der Waals surface area contributed by atoms with E-state index in [4.69, 9.17) is 24.3 Å². The van der Waals surface area contributed by atoms with Gasteiger partial charge in [-0.05, 0) is 55.8 Å². The Morgan fingerprint density at radius 3 is 2.57 bits per heavy atom. The van der Waals surface area contributed by atoms with E-state index >= 15 is 0 Å². The van der Waals surface area contributed by atoms with Crippen molar-refractivity contribution in [1.82, 2.24) is 9.80 Å². The van der Waals surface area contributed by atoms with Crippen LogP contribution >= 0.6 is 0 Å². The lowest BCUT2D eigenvalue weighted by Crippen LogP contribution is -2.45. The number of carboxylic acids is 1. The van der Waals surface area contributed by atoms with E-state index in [-0.39, 0.29) is 18.3 Å². The molecular weight excluding hydrogens is 530 g/mol. The second kappa shape index (κ2) is 12.2. The van der Waals surface area contributed by atoms with Crippen LogP contribution in [0.5, 0.6) is 17.2 Å². The molecule has 0 saturated carbocycles. The van der Waals surface area contributed by atoms with Gasteiger partial charge in [-0.15, -0.1) is 0 Å². The Hall–Kier alpha value is -3.88. The number of aryl methyl sites for hydroxylation is 2. The number of hydrogen-bond acceptors (Lipinski definition) is 7. The van der Waals surface area contributed by atoms with Crippen LogP contribution in [0.4, 0.5) is 5.69 Å². The monoisotopic (exact) mass is 569 g/mol. The molecule has 0 aliphatic carbocycles. The minimum absolute atomic E-state index is 0.0340. The van der Waals surface area contributed by atoms with Gasteiger partial charge in [0.05, 0.1) is 24.6 Å². The molecule has 3 aliphatic heterocycles. The molecule has 0 aromatic heterocycles. The van der Waals surface area contributed by atoms with Crippen LogP contribution in [0.15, 0.2) is 53.5 Å². The third kappa shape index (κ3) is 6.01. The number of hydrogen-bond donors (Lipinski definition) is 1. The van der Waals surface area contributed by atoms with Crippen LogP contribution in [0, 0.1) is 13.8 Å². The molecule has 220 valence electrons. The van der Waals surface area contributed by atoms with Gasteiger partial charge in [0.25, 0.3) is 0 Å². The molecule has 0 spiro atoms. The Morgan fingerprint density at radius 2 is 1.81 bits per heavy atom. The van der Waals surface area contributed by atoms with Crippen molar-refractivity contribution in [2.75, 3.05) is 59.6 Å². The molecular formula is C34H39N3O5. The summed E-state index contributed by atoms with van der Waals surface area (Å²) in [6, 6.07) is 16.4. The van der Waals surface area contributed by atoms with Crippen molar-refractivity contribution in [3.63, 3.8) is 0 Å². The van der Waals surface area contributed by atoms with Crippen molar-refractivity contribution in [2.24, 2.45) is 4.99 Å². The number of aliphatic imine (C=N–C) groups is 1. The molecule has 2 atom stereocenters. The van der Waals surface area contributed by atoms with Gasteiger partial charge in [-0.1, -0.05) is 24.3 Å². The van der Waals surface area contributed by atoms with Gasteiger partial charge < -0.3 is 24.2 Å². The van der Waals surface area contributed by atoms with Gasteiger partial charge in [0, 0.05) is 67.6 Å². The van der Waals surface area contributed by atoms with Crippen LogP contribution in [0.2, 0.25) is 0 Å². The number of benzene rings is 3. The lowest BCUT2D eigenvalue weighted by Gasteiger charge is -2.32. The topological polar surface area (TPSA) is 83.8 Å². The molecule has 1 fully saturated rings. The summed E-state index contributed by atoms with van der Waals surface area (Å²) in [7, 11) is 2.18. The number of carboxylic acid groups (broad SMARTS) is 1. The molecule has 0 amide bonds. The molecule has 1 saturated heterocycles. The molecule has 2 unspecified atom stereocenters. The predicted octanol–water partition coefficient (Wildman–Crippen LogP) is 5.43. The summed E-state index contributed by atoms with van der Waals surface area (Å²) in [5, 5.41) is 9.15. The summed E-state index contributed by atoms with van der Waals surface area (Å²) in [6.45, 7) is 11.3. The zero-order chi connectivity index (χ0) is 29.2. The highest BCUT2D eigenvalue weighted by Gasteiger charge is 2.28. The van der Waals surface area contributed by atoms with E-state index < -0.39 is 5.97 Å². The first-order chi connectivity index (χ1) is 20.4. The van der Waals surface area contributed by atoms with Crippen molar-refractivity contribution in [2.45, 2.75) is 32.1 Å². The van der Waals surface area contributed by atoms with Crippen molar-refractivity contribution >= 4 is 17.9 Å². The normalized spacial score (nSPS) is 20.3. The van der Waals surface area contributed by atoms with Gasteiger partial charge in [0.15, 0.2) is 0 Å². The van der Waals surface area contributed by atoms with Gasteiger partial charge in [-0.2, -0.15) is 0 Å². The van der Waals surface area contributed by atoms with Crippen molar-refractivity contribution in [3.05, 3.63) is 70.8 Å². The highest BCUT2D eigenvalue weighted by Crippen LogP contribution is 2.44. The Balaban J connectivity index is 1.14. The molecule has 3 heterocycles. The van der Waals surface area contributed by atoms with Crippen LogP contribution in [0.25, 0.3) is 11.1 Å². The van der Waals surface area contributed by atoms with E-state index in [0.29, 0.717) is 19.8 Å². The Labute approximate surface area is 247 Å². The molecule has 0 bridgehead atoms. The number of rotatable bonds is 9. The first-order valence-corrected chi connectivity index (χ1v) is 14.8. The first kappa shape index (κ1) is 28.2. The minimum Gasteiger partial charge on any atom is -0.493 e. The zero-order valence-electron chi connectivity index (χ0n) is 24.6. The zero-order valence-corrected chi connectivity index (χ0v) is 24.6. The number of ether oxygens (including phenoxy) is 3. The van der Waals surface area contributed by atoms with Crippen LogP contribution in [-0.4, -0.2) is 86.7 Å². The maximum Gasteiger partial charge on any atom is 0.304 e. The molecule has 1 N–H and O–H groups in total. The average Bonchev–Trinajstić information content (AvgIpc) is 3.56. The molecule has 42 heavy (non-hydrogen) atoms. The molecule has 8 heteroatoms. The molecule has 0 radical (unpaired) electrons. The lowest BCUT2D eigenvalue weighted by molar-refractivity contribution is -0.137. The fraction of sp³-hybridized carbons (Fsp3) is 0.412. The Bertz CT molecular complexity index is 1470. The van der Waals surface area contributed by atoms with Crippen LogP contribution < -0.4 is 14.2 Å². The first-order valence-electron chi connectivity index (χ1n) is 14.8. The lowest BCUT2D eigenvalue weighted by atomic mass is 9.91. The van der Waals surface area contributed by atoms with E-state index in [9.17, 15) is 4.79 Å². The molecule has 3 aliphatic rings. The van der Waals surface area contributed by atoms with Crippen LogP contribution in [0.3, 0.4) is 0 Å². The fourth-order valence-corrected chi connectivity index (χ4v) is 6.29. The van der Waals surface area contributed by atoms with Gasteiger partial charge in [-0.25, -0.2) is 0 Å². The molecule has 6 rings (SSSR count). The van der Waals surface area contributed by atoms with E-state index in [1.165, 1.54) is 5.56 Å². The average molecular weight is 570 g/mol. The number of aliphatic carboxylic acids is 1. The number of nitrogens with zero attached hydrogens (tertiary/aromatic N) is 3. The van der Waals surface area contributed by atoms with E-state index in [1.54, 1.807) is 0 Å². The number of piperazine rings is 1. The Kier molecular flexibility index (Phi) is 8.18. The highest BCUT2D eigenvalue weighted by molar-refractivity contribution is 5.83. The molecule has 8 nitrogen and oxygen atoms in total. The van der Waals surface area contributed by atoms with Crippen LogP contribution in [-0.2, 0) is 4.79 Å². The minimum atomic E-state index is -0.816. The van der Waals surface area contributed by atoms with Gasteiger partial charge in [-0.3, -0.25) is 14.7 Å². The van der Waals surface area contributed by atoms with Crippen molar-refractivity contribution < 1.29 is 24.1 Å². The summed E-state index contributed by atoms with van der Waals surface area (Å²) < 4.78 is 18.2. The largest absolute Gasteiger partial charge is 0.493 e. The quantitative estimate of drug-likeness (QED) is 0.344. The maximum absolute atomic E-state index is 11.1. The smallest absolute Gasteiger partial charge is 0.304 e. The van der Waals surface area contributed by atoms with Gasteiger partial charge in [0.2, 0.25) is 0 Å². The van der Waals surface area contributed by atoms with Gasteiger partial charge in [0.1, 0.15) is 30.5 Å². The summed E-state index contributed by atoms with van der Waals surface area (Å²) in [5.74, 6) is 1.65. The van der Waals surface area contributed by atoms with Crippen LogP contribution in [0.1, 0.15) is 40.5 Å². The number of carbonyl (C=O) groups is 1. The summed E-state index contributed by atoms with van der Waals surface area (Å²) in [4.78, 5) is 20.7. The van der Waals surface area contributed by atoms with Crippen molar-refractivity contribution in [1.29, 1.82) is 0 Å².